The summed E-state index contributed by atoms with van der Waals surface area (Å²) in [5, 5.41) is 13.0. The number of nitrogens with one attached hydrogen (secondary N) is 1. The Labute approximate surface area is 205 Å². The van der Waals surface area contributed by atoms with E-state index in [1.54, 1.807) is 11.8 Å². The third-order valence-corrected chi connectivity index (χ3v) is 6.68. The van der Waals surface area contributed by atoms with Crippen LogP contribution >= 0.6 is 11.8 Å². The fourth-order valence-electron chi connectivity index (χ4n) is 3.75. The van der Waals surface area contributed by atoms with Gasteiger partial charge >= 0.3 is 0 Å². The first-order chi connectivity index (χ1) is 16.6. The summed E-state index contributed by atoms with van der Waals surface area (Å²) >= 11 is 1.68. The zero-order chi connectivity index (χ0) is 23.8. The molecule has 34 heavy (non-hydrogen) atoms. The number of hydrogen-bond acceptors (Lipinski definition) is 4. The number of hydrogen-bond donors (Lipinski definition) is 1. The molecule has 0 spiro atoms. The summed E-state index contributed by atoms with van der Waals surface area (Å²) in [6.07, 6.45) is 2.29. The molecule has 0 saturated heterocycles. The number of amides is 1. The molecule has 0 aliphatic rings. The Kier molecular flexibility index (Phi) is 8.15. The van der Waals surface area contributed by atoms with Crippen molar-refractivity contribution in [1.82, 2.24) is 20.1 Å². The Morgan fingerprint density at radius 2 is 1.59 bits per heavy atom. The van der Waals surface area contributed by atoms with E-state index in [0.717, 1.165) is 46.4 Å². The molecule has 0 bridgehead atoms. The molecular weight excluding hydrogens is 440 g/mol. The van der Waals surface area contributed by atoms with Crippen LogP contribution in [-0.2, 0) is 4.79 Å². The van der Waals surface area contributed by atoms with Crippen molar-refractivity contribution in [2.45, 2.75) is 44.3 Å². The van der Waals surface area contributed by atoms with E-state index in [1.165, 1.54) is 5.56 Å². The van der Waals surface area contributed by atoms with E-state index >= 15 is 0 Å². The second-order valence-corrected chi connectivity index (χ2v) is 9.41. The lowest BCUT2D eigenvalue weighted by Gasteiger charge is -2.14. The van der Waals surface area contributed by atoms with Gasteiger partial charge in [0.15, 0.2) is 11.0 Å². The molecule has 1 amide bonds. The van der Waals surface area contributed by atoms with E-state index < -0.39 is 0 Å². The van der Waals surface area contributed by atoms with Gasteiger partial charge < -0.3 is 5.32 Å². The van der Waals surface area contributed by atoms with Crippen molar-refractivity contribution < 1.29 is 4.79 Å². The summed E-state index contributed by atoms with van der Waals surface area (Å²) in [4.78, 5) is 12.3. The average Bonchev–Trinajstić information content (AvgIpc) is 3.29. The Hall–Kier alpha value is -3.38. The van der Waals surface area contributed by atoms with Crippen molar-refractivity contribution >= 4 is 17.7 Å². The molecule has 6 heteroatoms. The number of nitrogens with zero attached hydrogens (tertiary/aromatic N) is 3. The van der Waals surface area contributed by atoms with E-state index in [9.17, 15) is 4.79 Å². The molecule has 1 unspecified atom stereocenters. The Morgan fingerprint density at radius 1 is 0.912 bits per heavy atom. The highest BCUT2D eigenvalue weighted by Gasteiger charge is 2.16. The third kappa shape index (κ3) is 6.14. The maximum absolute atomic E-state index is 12.3. The molecule has 3 aromatic carbocycles. The zero-order valence-electron chi connectivity index (χ0n) is 19.6. The fourth-order valence-corrected chi connectivity index (χ4v) is 4.70. The standard InChI is InChI=1S/C28H30N4OS/c1-21-16-18-25(19-17-21)32-27(24-13-7-4-8-14-24)30-31-28(32)34-20-10-9-15-26(33)29-22(2)23-11-5-3-6-12-23/h3-8,11-14,16-19,22H,9-10,15,20H2,1-2H3,(H,29,33). The molecule has 0 radical (unpaired) electrons. The molecule has 1 N–H and O–H groups in total. The van der Waals surface area contributed by atoms with Crippen LogP contribution in [0.1, 0.15) is 43.4 Å². The number of aryl methyl sites for hydroxylation is 1. The van der Waals surface area contributed by atoms with Crippen LogP contribution in [0.2, 0.25) is 0 Å². The summed E-state index contributed by atoms with van der Waals surface area (Å²) in [6.45, 7) is 4.10. The minimum absolute atomic E-state index is 0.0209. The van der Waals surface area contributed by atoms with E-state index in [2.05, 4.69) is 63.4 Å². The molecule has 0 saturated carbocycles. The van der Waals surface area contributed by atoms with Crippen molar-refractivity contribution in [3.05, 3.63) is 96.1 Å². The summed E-state index contributed by atoms with van der Waals surface area (Å²) in [5.41, 5.74) is 4.42. The highest BCUT2D eigenvalue weighted by molar-refractivity contribution is 7.99. The molecule has 0 fully saturated rings. The highest BCUT2D eigenvalue weighted by atomic mass is 32.2. The lowest BCUT2D eigenvalue weighted by Crippen LogP contribution is -2.26. The molecular formula is C28H30N4OS. The Morgan fingerprint density at radius 3 is 2.29 bits per heavy atom. The SMILES string of the molecule is Cc1ccc(-n2c(SCCCCC(=O)NC(C)c3ccccc3)nnc2-c2ccccc2)cc1. The minimum Gasteiger partial charge on any atom is -0.350 e. The second-order valence-electron chi connectivity index (χ2n) is 8.35. The maximum atomic E-state index is 12.3. The number of carbonyl (C=O) groups excluding carboxylic acids is 1. The summed E-state index contributed by atoms with van der Waals surface area (Å²) in [7, 11) is 0. The predicted octanol–water partition coefficient (Wildman–Crippen LogP) is 6.38. The lowest BCUT2D eigenvalue weighted by molar-refractivity contribution is -0.121. The van der Waals surface area contributed by atoms with E-state index in [4.69, 9.17) is 0 Å². The van der Waals surface area contributed by atoms with E-state index in [0.29, 0.717) is 6.42 Å². The molecule has 4 rings (SSSR count). The van der Waals surface area contributed by atoms with Gasteiger partial charge in [-0.1, -0.05) is 90.1 Å². The van der Waals surface area contributed by atoms with Crippen LogP contribution in [0.5, 0.6) is 0 Å². The molecule has 5 nitrogen and oxygen atoms in total. The largest absolute Gasteiger partial charge is 0.350 e. The smallest absolute Gasteiger partial charge is 0.220 e. The number of unbranched alkanes of at least 4 members (excludes halogenated alkanes) is 1. The first kappa shape index (κ1) is 23.8. The van der Waals surface area contributed by atoms with Gasteiger partial charge in [0.05, 0.1) is 6.04 Å². The van der Waals surface area contributed by atoms with Crippen LogP contribution in [0.15, 0.2) is 90.1 Å². The van der Waals surface area contributed by atoms with Gasteiger partial charge in [-0.2, -0.15) is 0 Å². The zero-order valence-corrected chi connectivity index (χ0v) is 20.5. The topological polar surface area (TPSA) is 59.8 Å². The van der Waals surface area contributed by atoms with Gasteiger partial charge in [-0.05, 0) is 44.4 Å². The Balaban J connectivity index is 1.34. The minimum atomic E-state index is 0.0209. The molecule has 4 aromatic rings. The van der Waals surface area contributed by atoms with Crippen LogP contribution in [0, 0.1) is 6.92 Å². The van der Waals surface area contributed by atoms with Crippen LogP contribution in [-0.4, -0.2) is 26.4 Å². The Bertz CT molecular complexity index is 1190. The number of carbonyl (C=O) groups is 1. The highest BCUT2D eigenvalue weighted by Crippen LogP contribution is 2.28. The quantitative estimate of drug-likeness (QED) is 0.216. The molecule has 1 atom stereocenters. The second kappa shape index (κ2) is 11.7. The fraction of sp³-hybridized carbons (Fsp3) is 0.250. The van der Waals surface area contributed by atoms with Gasteiger partial charge in [-0.3, -0.25) is 9.36 Å². The van der Waals surface area contributed by atoms with Crippen LogP contribution in [0.3, 0.4) is 0 Å². The monoisotopic (exact) mass is 470 g/mol. The normalized spacial score (nSPS) is 11.8. The van der Waals surface area contributed by atoms with Crippen LogP contribution in [0.25, 0.3) is 17.1 Å². The summed E-state index contributed by atoms with van der Waals surface area (Å²) in [5.74, 6) is 1.80. The van der Waals surface area contributed by atoms with Gasteiger partial charge in [0.25, 0.3) is 0 Å². The van der Waals surface area contributed by atoms with Crippen LogP contribution in [0.4, 0.5) is 0 Å². The third-order valence-electron chi connectivity index (χ3n) is 5.66. The van der Waals surface area contributed by atoms with Gasteiger partial charge in [-0.15, -0.1) is 10.2 Å². The van der Waals surface area contributed by atoms with Crippen molar-refractivity contribution in [1.29, 1.82) is 0 Å². The first-order valence-electron chi connectivity index (χ1n) is 11.7. The van der Waals surface area contributed by atoms with Crippen molar-refractivity contribution in [3.8, 4) is 17.1 Å². The maximum Gasteiger partial charge on any atom is 0.220 e. The molecule has 0 aliphatic carbocycles. The van der Waals surface area contributed by atoms with Crippen molar-refractivity contribution in [2.75, 3.05) is 5.75 Å². The molecule has 1 aromatic heterocycles. The first-order valence-corrected chi connectivity index (χ1v) is 12.7. The van der Waals surface area contributed by atoms with Crippen molar-refractivity contribution in [2.24, 2.45) is 0 Å². The van der Waals surface area contributed by atoms with E-state index in [-0.39, 0.29) is 11.9 Å². The lowest BCUT2D eigenvalue weighted by atomic mass is 10.1. The number of benzene rings is 3. The molecule has 0 aliphatic heterocycles. The average molecular weight is 471 g/mol. The van der Waals surface area contributed by atoms with Gasteiger partial charge in [0.1, 0.15) is 0 Å². The summed E-state index contributed by atoms with van der Waals surface area (Å²) in [6, 6.07) is 28.6. The van der Waals surface area contributed by atoms with Gasteiger partial charge in [-0.25, -0.2) is 0 Å². The molecule has 174 valence electrons. The summed E-state index contributed by atoms with van der Waals surface area (Å²) < 4.78 is 2.12. The van der Waals surface area contributed by atoms with Gasteiger partial charge in [0.2, 0.25) is 5.91 Å². The predicted molar refractivity (Wildman–Crippen MR) is 139 cm³/mol. The molecule has 1 heterocycles. The number of aromatic nitrogens is 3. The number of rotatable bonds is 10. The van der Waals surface area contributed by atoms with E-state index in [1.807, 2.05) is 55.5 Å². The van der Waals surface area contributed by atoms with Crippen LogP contribution < -0.4 is 5.32 Å². The van der Waals surface area contributed by atoms with Crippen molar-refractivity contribution in [3.63, 3.8) is 0 Å². The number of thioether (sulfide) groups is 1. The van der Waals surface area contributed by atoms with Gasteiger partial charge in [0, 0.05) is 23.4 Å².